The number of benzene rings is 1. The lowest BCUT2D eigenvalue weighted by Gasteiger charge is -2.10. The molecule has 0 saturated heterocycles. The van der Waals surface area contributed by atoms with Crippen LogP contribution in [0.2, 0.25) is 0 Å². The predicted molar refractivity (Wildman–Crippen MR) is 74.7 cm³/mol. The average Bonchev–Trinajstić information content (AvgIpc) is 2.81. The molecule has 19 heavy (non-hydrogen) atoms. The summed E-state index contributed by atoms with van der Waals surface area (Å²) in [5.41, 5.74) is 1.77. The first-order valence-electron chi connectivity index (χ1n) is 6.27. The van der Waals surface area contributed by atoms with Crippen molar-refractivity contribution in [3.05, 3.63) is 47.5 Å². The van der Waals surface area contributed by atoms with Gasteiger partial charge in [0.25, 0.3) is 0 Å². The summed E-state index contributed by atoms with van der Waals surface area (Å²) < 4.78 is 14.9. The first kappa shape index (κ1) is 14.1. The van der Waals surface area contributed by atoms with Crippen LogP contribution in [-0.2, 0) is 13.2 Å². The summed E-state index contributed by atoms with van der Waals surface area (Å²) in [5.74, 6) is 0.753. The van der Waals surface area contributed by atoms with E-state index in [0.717, 1.165) is 28.6 Å². The van der Waals surface area contributed by atoms with Crippen molar-refractivity contribution in [3.63, 3.8) is 0 Å². The van der Waals surface area contributed by atoms with Crippen LogP contribution in [0, 0.1) is 5.82 Å². The number of rotatable bonds is 6. The minimum absolute atomic E-state index is 0.0408. The summed E-state index contributed by atoms with van der Waals surface area (Å²) in [5, 5.41) is 10.2. The molecule has 0 unspecified atom stereocenters. The number of hydrogen-bond donors (Lipinski definition) is 1. The van der Waals surface area contributed by atoms with Gasteiger partial charge in [0.05, 0.1) is 18.5 Å². The van der Waals surface area contributed by atoms with Gasteiger partial charge in [0.1, 0.15) is 5.82 Å². The van der Waals surface area contributed by atoms with Crippen molar-refractivity contribution >= 4 is 11.8 Å². The molecule has 0 atom stereocenters. The van der Waals surface area contributed by atoms with E-state index in [-0.39, 0.29) is 12.4 Å². The smallest absolute Gasteiger partial charge is 0.168 e. The SMILES string of the molecule is CCCSc1ncc(CO)n1Cc1ccc(F)cc1. The van der Waals surface area contributed by atoms with E-state index in [1.807, 2.05) is 4.57 Å². The molecule has 0 saturated carbocycles. The van der Waals surface area contributed by atoms with Gasteiger partial charge in [0, 0.05) is 12.3 Å². The van der Waals surface area contributed by atoms with Gasteiger partial charge in [0.15, 0.2) is 5.16 Å². The molecule has 1 aromatic carbocycles. The molecule has 0 bridgehead atoms. The molecular formula is C14H17FN2OS. The van der Waals surface area contributed by atoms with Gasteiger partial charge >= 0.3 is 0 Å². The highest BCUT2D eigenvalue weighted by Gasteiger charge is 2.10. The lowest BCUT2D eigenvalue weighted by molar-refractivity contribution is 0.270. The highest BCUT2D eigenvalue weighted by Crippen LogP contribution is 2.21. The van der Waals surface area contributed by atoms with E-state index >= 15 is 0 Å². The van der Waals surface area contributed by atoms with Gasteiger partial charge in [-0.1, -0.05) is 30.8 Å². The van der Waals surface area contributed by atoms with E-state index in [1.165, 1.54) is 12.1 Å². The molecule has 2 aromatic rings. The Balaban J connectivity index is 2.21. The van der Waals surface area contributed by atoms with Crippen molar-refractivity contribution in [1.82, 2.24) is 9.55 Å². The Labute approximate surface area is 116 Å². The summed E-state index contributed by atoms with van der Waals surface area (Å²) in [6.45, 7) is 2.68. The highest BCUT2D eigenvalue weighted by molar-refractivity contribution is 7.99. The Bertz CT molecular complexity index is 525. The average molecular weight is 280 g/mol. The Hall–Kier alpha value is -1.33. The van der Waals surface area contributed by atoms with Crippen LogP contribution >= 0.6 is 11.8 Å². The number of thioether (sulfide) groups is 1. The Morgan fingerprint density at radius 3 is 2.68 bits per heavy atom. The quantitative estimate of drug-likeness (QED) is 0.826. The zero-order valence-electron chi connectivity index (χ0n) is 10.8. The predicted octanol–water partition coefficient (Wildman–Crippen LogP) is 3.06. The Morgan fingerprint density at radius 2 is 2.05 bits per heavy atom. The molecule has 0 aliphatic heterocycles. The fraction of sp³-hybridized carbons (Fsp3) is 0.357. The largest absolute Gasteiger partial charge is 0.390 e. The standard InChI is InChI=1S/C14H17FN2OS/c1-2-7-19-14-16-8-13(10-18)17(14)9-11-3-5-12(15)6-4-11/h3-6,8,18H,2,7,9-10H2,1H3. The van der Waals surface area contributed by atoms with Crippen LogP contribution < -0.4 is 0 Å². The Morgan fingerprint density at radius 1 is 1.32 bits per heavy atom. The van der Waals surface area contributed by atoms with Gasteiger partial charge < -0.3 is 9.67 Å². The molecule has 3 nitrogen and oxygen atoms in total. The lowest BCUT2D eigenvalue weighted by Crippen LogP contribution is -2.06. The molecule has 1 heterocycles. The van der Waals surface area contributed by atoms with Crippen LogP contribution in [-0.4, -0.2) is 20.4 Å². The van der Waals surface area contributed by atoms with Crippen molar-refractivity contribution < 1.29 is 9.50 Å². The van der Waals surface area contributed by atoms with Gasteiger partial charge in [-0.2, -0.15) is 0 Å². The molecule has 0 radical (unpaired) electrons. The van der Waals surface area contributed by atoms with Gasteiger partial charge in [-0.15, -0.1) is 0 Å². The second-order valence-electron chi connectivity index (χ2n) is 4.25. The van der Waals surface area contributed by atoms with E-state index in [9.17, 15) is 9.50 Å². The molecule has 0 fully saturated rings. The van der Waals surface area contributed by atoms with Gasteiger partial charge in [-0.25, -0.2) is 9.37 Å². The van der Waals surface area contributed by atoms with Gasteiger partial charge in [0.2, 0.25) is 0 Å². The lowest BCUT2D eigenvalue weighted by atomic mass is 10.2. The van der Waals surface area contributed by atoms with Crippen molar-refractivity contribution in [2.45, 2.75) is 31.7 Å². The third kappa shape index (κ3) is 3.58. The number of aliphatic hydroxyl groups excluding tert-OH is 1. The van der Waals surface area contributed by atoms with E-state index in [2.05, 4.69) is 11.9 Å². The monoisotopic (exact) mass is 280 g/mol. The second kappa shape index (κ2) is 6.73. The van der Waals surface area contributed by atoms with Crippen molar-refractivity contribution in [2.24, 2.45) is 0 Å². The zero-order chi connectivity index (χ0) is 13.7. The first-order chi connectivity index (χ1) is 9.24. The number of imidazole rings is 1. The van der Waals surface area contributed by atoms with Crippen LogP contribution in [0.1, 0.15) is 24.6 Å². The van der Waals surface area contributed by atoms with Crippen LogP contribution in [0.4, 0.5) is 4.39 Å². The molecule has 0 aliphatic carbocycles. The molecule has 102 valence electrons. The molecule has 5 heteroatoms. The maximum atomic E-state index is 12.9. The molecule has 0 spiro atoms. The number of aliphatic hydroxyl groups is 1. The highest BCUT2D eigenvalue weighted by atomic mass is 32.2. The van der Waals surface area contributed by atoms with Crippen LogP contribution in [0.15, 0.2) is 35.6 Å². The van der Waals surface area contributed by atoms with E-state index in [0.29, 0.717) is 6.54 Å². The summed E-state index contributed by atoms with van der Waals surface area (Å²) in [6, 6.07) is 6.41. The van der Waals surface area contributed by atoms with Gasteiger partial charge in [-0.05, 0) is 24.1 Å². The fourth-order valence-corrected chi connectivity index (χ4v) is 2.62. The summed E-state index contributed by atoms with van der Waals surface area (Å²) >= 11 is 1.67. The Kier molecular flexibility index (Phi) is 4.99. The number of nitrogens with zero attached hydrogens (tertiary/aromatic N) is 2. The van der Waals surface area contributed by atoms with Crippen LogP contribution in [0.5, 0.6) is 0 Å². The van der Waals surface area contributed by atoms with Crippen molar-refractivity contribution in [1.29, 1.82) is 0 Å². The number of aromatic nitrogens is 2. The minimum Gasteiger partial charge on any atom is -0.390 e. The first-order valence-corrected chi connectivity index (χ1v) is 7.25. The minimum atomic E-state index is -0.239. The van der Waals surface area contributed by atoms with Crippen LogP contribution in [0.25, 0.3) is 0 Å². The molecular weight excluding hydrogens is 263 g/mol. The maximum absolute atomic E-state index is 12.9. The maximum Gasteiger partial charge on any atom is 0.168 e. The van der Waals surface area contributed by atoms with Gasteiger partial charge in [-0.3, -0.25) is 0 Å². The van der Waals surface area contributed by atoms with Crippen molar-refractivity contribution in [2.75, 3.05) is 5.75 Å². The topological polar surface area (TPSA) is 38.1 Å². The molecule has 2 rings (SSSR count). The molecule has 0 amide bonds. The van der Waals surface area contributed by atoms with E-state index in [1.54, 1.807) is 30.1 Å². The molecule has 1 N–H and O–H groups in total. The normalized spacial score (nSPS) is 10.9. The fourth-order valence-electron chi connectivity index (χ4n) is 1.77. The number of hydrogen-bond acceptors (Lipinski definition) is 3. The van der Waals surface area contributed by atoms with E-state index in [4.69, 9.17) is 0 Å². The number of halogens is 1. The zero-order valence-corrected chi connectivity index (χ0v) is 11.7. The second-order valence-corrected chi connectivity index (χ2v) is 5.31. The summed E-state index contributed by atoms with van der Waals surface area (Å²) in [7, 11) is 0. The third-order valence-electron chi connectivity index (χ3n) is 2.75. The molecule has 0 aliphatic rings. The summed E-state index contributed by atoms with van der Waals surface area (Å²) in [6.07, 6.45) is 2.77. The summed E-state index contributed by atoms with van der Waals surface area (Å²) in [4.78, 5) is 4.33. The van der Waals surface area contributed by atoms with E-state index < -0.39 is 0 Å². The molecule has 1 aromatic heterocycles. The third-order valence-corrected chi connectivity index (χ3v) is 3.95. The van der Waals surface area contributed by atoms with Crippen LogP contribution in [0.3, 0.4) is 0 Å². The van der Waals surface area contributed by atoms with Crippen molar-refractivity contribution in [3.8, 4) is 0 Å².